The quantitative estimate of drug-likeness (QED) is 0.488. The van der Waals surface area contributed by atoms with Crippen molar-refractivity contribution in [1.29, 1.82) is 0 Å². The molecule has 0 radical (unpaired) electrons. The number of rotatable bonds is 6. The maximum atomic E-state index is 12.7. The van der Waals surface area contributed by atoms with Gasteiger partial charge in [-0.15, -0.1) is 22.7 Å². The van der Waals surface area contributed by atoms with Crippen molar-refractivity contribution in [3.8, 4) is 10.6 Å². The number of thioether (sulfide) groups is 1. The van der Waals surface area contributed by atoms with Crippen LogP contribution in [0.5, 0.6) is 0 Å². The Bertz CT molecular complexity index is 1030. The Hall–Kier alpha value is -2.37. The lowest BCUT2D eigenvalue weighted by Gasteiger charge is -2.10. The van der Waals surface area contributed by atoms with E-state index in [-0.39, 0.29) is 33.3 Å². The van der Waals surface area contributed by atoms with Gasteiger partial charge in [0, 0.05) is 22.1 Å². The zero-order chi connectivity index (χ0) is 21.0. The predicted molar refractivity (Wildman–Crippen MR) is 109 cm³/mol. The number of anilines is 1. The van der Waals surface area contributed by atoms with Crippen LogP contribution in [-0.2, 0) is 11.3 Å². The van der Waals surface area contributed by atoms with E-state index in [9.17, 15) is 22.8 Å². The number of carbonyl (C=O) groups excluding carboxylic acids is 2. The molecule has 2 amide bonds. The molecule has 5 nitrogen and oxygen atoms in total. The van der Waals surface area contributed by atoms with Crippen LogP contribution in [0.15, 0.2) is 46.7 Å². The molecule has 3 aromatic rings. The third-order valence-corrected chi connectivity index (χ3v) is 6.18. The Morgan fingerprint density at radius 1 is 1.17 bits per heavy atom. The topological polar surface area (TPSA) is 71.1 Å². The first-order valence-corrected chi connectivity index (χ1v) is 10.7. The highest BCUT2D eigenvalue weighted by atomic mass is 32.2. The van der Waals surface area contributed by atoms with Crippen molar-refractivity contribution in [1.82, 2.24) is 10.3 Å². The summed E-state index contributed by atoms with van der Waals surface area (Å²) in [5.41, 5.74) is -3.92. The minimum Gasteiger partial charge on any atom is -0.351 e. The summed E-state index contributed by atoms with van der Waals surface area (Å²) in [7, 11) is 0. The van der Waals surface area contributed by atoms with E-state index in [1.54, 1.807) is 5.38 Å². The van der Waals surface area contributed by atoms with Crippen molar-refractivity contribution >= 4 is 51.4 Å². The van der Waals surface area contributed by atoms with Crippen molar-refractivity contribution in [2.45, 2.75) is 23.9 Å². The molecule has 2 heterocycles. The lowest BCUT2D eigenvalue weighted by Crippen LogP contribution is -2.17. The van der Waals surface area contributed by atoms with Crippen LogP contribution in [0.1, 0.15) is 22.2 Å². The van der Waals surface area contributed by atoms with Crippen molar-refractivity contribution < 1.29 is 22.8 Å². The third kappa shape index (κ3) is 6.05. The largest absolute Gasteiger partial charge is 0.446 e. The summed E-state index contributed by atoms with van der Waals surface area (Å²) in [6.45, 7) is 1.86. The van der Waals surface area contributed by atoms with Gasteiger partial charge in [-0.3, -0.25) is 14.9 Å². The van der Waals surface area contributed by atoms with Crippen molar-refractivity contribution in [3.05, 3.63) is 52.2 Å². The molecule has 0 atom stereocenters. The number of benzene rings is 1. The fraction of sp³-hybridized carbons (Fsp3) is 0.167. The molecule has 2 aromatic heterocycles. The summed E-state index contributed by atoms with van der Waals surface area (Å²) in [6, 6.07) is 9.27. The lowest BCUT2D eigenvalue weighted by molar-refractivity contribution is -0.119. The van der Waals surface area contributed by atoms with E-state index in [0.717, 1.165) is 9.75 Å². The zero-order valence-electron chi connectivity index (χ0n) is 14.9. The standard InChI is InChI=1S/C18H14F3N3O2S3/c1-10(25)22-8-11-6-7-15(28-11)13-9-27-17(23-13)24-16(26)12-4-2-3-5-14(12)29-18(19,20)21/h2-7,9H,8H2,1H3,(H,22,25)(H,23,24,26). The smallest absolute Gasteiger partial charge is 0.351 e. The zero-order valence-corrected chi connectivity index (χ0v) is 17.3. The molecule has 0 aliphatic heterocycles. The predicted octanol–water partition coefficient (Wildman–Crippen LogP) is 5.37. The van der Waals surface area contributed by atoms with Gasteiger partial charge in [0.05, 0.1) is 22.7 Å². The normalized spacial score (nSPS) is 11.3. The Balaban J connectivity index is 1.71. The van der Waals surface area contributed by atoms with Gasteiger partial charge >= 0.3 is 5.51 Å². The van der Waals surface area contributed by atoms with E-state index >= 15 is 0 Å². The van der Waals surface area contributed by atoms with Crippen LogP contribution in [0.2, 0.25) is 0 Å². The van der Waals surface area contributed by atoms with Gasteiger partial charge in [0.15, 0.2) is 5.13 Å². The highest BCUT2D eigenvalue weighted by Gasteiger charge is 2.31. The number of amides is 2. The number of hydrogen-bond donors (Lipinski definition) is 2. The SMILES string of the molecule is CC(=O)NCc1ccc(-c2csc(NC(=O)c3ccccc3SC(F)(F)F)n2)s1. The van der Waals surface area contributed by atoms with Crippen LogP contribution in [0.25, 0.3) is 10.6 Å². The average Bonchev–Trinajstić information content (AvgIpc) is 3.28. The summed E-state index contributed by atoms with van der Waals surface area (Å²) >= 11 is 2.30. The minimum atomic E-state index is -4.49. The first-order valence-electron chi connectivity index (χ1n) is 8.16. The van der Waals surface area contributed by atoms with Gasteiger partial charge in [-0.1, -0.05) is 12.1 Å². The van der Waals surface area contributed by atoms with Crippen LogP contribution < -0.4 is 10.6 Å². The molecule has 0 unspecified atom stereocenters. The van der Waals surface area contributed by atoms with Gasteiger partial charge in [-0.2, -0.15) is 13.2 Å². The Labute approximate surface area is 176 Å². The number of thiazole rings is 1. The Morgan fingerprint density at radius 3 is 2.66 bits per heavy atom. The van der Waals surface area contributed by atoms with Crippen LogP contribution in [-0.4, -0.2) is 22.3 Å². The summed E-state index contributed by atoms with van der Waals surface area (Å²) in [5, 5.41) is 7.30. The molecule has 0 saturated heterocycles. The molecule has 0 saturated carbocycles. The summed E-state index contributed by atoms with van der Waals surface area (Å²) in [6.07, 6.45) is 0. The molecular formula is C18H14F3N3O2S3. The van der Waals surface area contributed by atoms with Gasteiger partial charge < -0.3 is 5.32 Å². The van der Waals surface area contributed by atoms with E-state index in [4.69, 9.17) is 0 Å². The second kappa shape index (κ2) is 8.97. The molecule has 0 aliphatic rings. The van der Waals surface area contributed by atoms with Gasteiger partial charge in [0.25, 0.3) is 5.91 Å². The second-order valence-corrected chi connectivity index (χ2v) is 8.84. The molecule has 29 heavy (non-hydrogen) atoms. The fourth-order valence-electron chi connectivity index (χ4n) is 2.30. The van der Waals surface area contributed by atoms with Crippen molar-refractivity contribution in [3.63, 3.8) is 0 Å². The van der Waals surface area contributed by atoms with E-state index in [0.29, 0.717) is 12.2 Å². The van der Waals surface area contributed by atoms with Crippen LogP contribution in [0.4, 0.5) is 18.3 Å². The number of nitrogens with one attached hydrogen (secondary N) is 2. The maximum Gasteiger partial charge on any atom is 0.446 e. The Kier molecular flexibility index (Phi) is 6.60. The first-order chi connectivity index (χ1) is 13.7. The number of thiophene rings is 1. The highest BCUT2D eigenvalue weighted by Crippen LogP contribution is 2.38. The van der Waals surface area contributed by atoms with Gasteiger partial charge in [-0.05, 0) is 36.0 Å². The van der Waals surface area contributed by atoms with Gasteiger partial charge in [0.2, 0.25) is 5.91 Å². The van der Waals surface area contributed by atoms with E-state index in [1.165, 1.54) is 53.9 Å². The van der Waals surface area contributed by atoms with Gasteiger partial charge in [0.1, 0.15) is 0 Å². The number of nitrogens with zero attached hydrogens (tertiary/aromatic N) is 1. The van der Waals surface area contributed by atoms with Crippen LogP contribution >= 0.6 is 34.4 Å². The molecule has 1 aromatic carbocycles. The van der Waals surface area contributed by atoms with E-state index in [2.05, 4.69) is 15.6 Å². The highest BCUT2D eigenvalue weighted by molar-refractivity contribution is 8.00. The van der Waals surface area contributed by atoms with E-state index in [1.807, 2.05) is 12.1 Å². The summed E-state index contributed by atoms with van der Waals surface area (Å²) in [5.74, 6) is -0.779. The molecule has 0 aliphatic carbocycles. The van der Waals surface area contributed by atoms with Crippen LogP contribution in [0, 0.1) is 0 Å². The van der Waals surface area contributed by atoms with Crippen molar-refractivity contribution in [2.24, 2.45) is 0 Å². The number of alkyl halides is 3. The lowest BCUT2D eigenvalue weighted by atomic mass is 10.2. The molecule has 3 rings (SSSR count). The molecule has 0 spiro atoms. The molecule has 0 bridgehead atoms. The first kappa shape index (κ1) is 21.3. The van der Waals surface area contributed by atoms with E-state index < -0.39 is 11.4 Å². The maximum absolute atomic E-state index is 12.7. The number of halogens is 3. The second-order valence-electron chi connectivity index (χ2n) is 5.71. The third-order valence-electron chi connectivity index (χ3n) is 3.51. The molecule has 0 fully saturated rings. The average molecular weight is 458 g/mol. The van der Waals surface area contributed by atoms with Crippen LogP contribution in [0.3, 0.4) is 0 Å². The van der Waals surface area contributed by atoms with Gasteiger partial charge in [-0.25, -0.2) is 4.98 Å². The monoisotopic (exact) mass is 457 g/mol. The number of carbonyl (C=O) groups is 2. The number of hydrogen-bond acceptors (Lipinski definition) is 6. The number of aromatic nitrogens is 1. The minimum absolute atomic E-state index is 0.0692. The molecule has 152 valence electrons. The molecule has 2 N–H and O–H groups in total. The Morgan fingerprint density at radius 2 is 1.93 bits per heavy atom. The molecular weight excluding hydrogens is 443 g/mol. The van der Waals surface area contributed by atoms with Crippen molar-refractivity contribution in [2.75, 3.05) is 5.32 Å². The summed E-state index contributed by atoms with van der Waals surface area (Å²) < 4.78 is 38.1. The summed E-state index contributed by atoms with van der Waals surface area (Å²) in [4.78, 5) is 29.4. The molecule has 11 heteroatoms. The fourth-order valence-corrected chi connectivity index (χ4v) is 4.65.